The van der Waals surface area contributed by atoms with Crippen molar-refractivity contribution in [3.63, 3.8) is 0 Å². The van der Waals surface area contributed by atoms with Crippen molar-refractivity contribution in [2.24, 2.45) is 29.4 Å². The van der Waals surface area contributed by atoms with Gasteiger partial charge in [-0.25, -0.2) is 4.79 Å². The predicted molar refractivity (Wildman–Crippen MR) is 152 cm³/mol. The maximum atomic E-state index is 12.9. The lowest BCUT2D eigenvalue weighted by Crippen LogP contribution is -2.38. The summed E-state index contributed by atoms with van der Waals surface area (Å²) in [6.45, 7) is 12.6. The molecule has 0 saturated carbocycles. The summed E-state index contributed by atoms with van der Waals surface area (Å²) in [4.78, 5) is 49.8. The number of aliphatic carboxylic acids is 1. The number of carboxylic acid groups (broad SMARTS) is 1. The van der Waals surface area contributed by atoms with Crippen LogP contribution in [0.5, 0.6) is 17.2 Å². The Bertz CT molecular complexity index is 1200. The first-order chi connectivity index (χ1) is 19.2. The van der Waals surface area contributed by atoms with Crippen LogP contribution >= 0.6 is 0 Å². The second-order valence-corrected chi connectivity index (χ2v) is 10.9. The molecule has 41 heavy (non-hydrogen) atoms. The molecule has 0 aliphatic carbocycles. The smallest absolute Gasteiger partial charge is 0.480 e. The van der Waals surface area contributed by atoms with Crippen LogP contribution in [-0.2, 0) is 19.1 Å². The lowest BCUT2D eigenvalue weighted by molar-refractivity contribution is -0.142. The normalized spacial score (nSPS) is 14.9. The van der Waals surface area contributed by atoms with Gasteiger partial charge in [-0.3, -0.25) is 14.4 Å². The van der Waals surface area contributed by atoms with E-state index in [1.54, 1.807) is 57.2 Å². The van der Waals surface area contributed by atoms with Gasteiger partial charge >= 0.3 is 24.1 Å². The Labute approximate surface area is 241 Å². The van der Waals surface area contributed by atoms with Gasteiger partial charge in [-0.1, -0.05) is 65.8 Å². The highest BCUT2D eigenvalue weighted by Crippen LogP contribution is 2.36. The molecule has 0 aliphatic rings. The molecule has 0 aromatic heterocycles. The molecule has 0 heterocycles. The van der Waals surface area contributed by atoms with E-state index < -0.39 is 54.0 Å². The Hall–Kier alpha value is -3.92. The molecule has 4 unspecified atom stereocenters. The van der Waals surface area contributed by atoms with E-state index in [4.69, 9.17) is 24.7 Å². The van der Waals surface area contributed by atoms with E-state index in [1.807, 2.05) is 27.7 Å². The first-order valence-electron chi connectivity index (χ1n) is 13.7. The molecular formula is C31H41NO9. The molecular weight excluding hydrogens is 530 g/mol. The number of esters is 2. The van der Waals surface area contributed by atoms with Gasteiger partial charge in [-0.15, -0.1) is 0 Å². The Morgan fingerprint density at radius 3 is 1.80 bits per heavy atom. The molecule has 2 rings (SSSR count). The molecule has 0 aliphatic heterocycles. The van der Waals surface area contributed by atoms with Gasteiger partial charge in [0.1, 0.15) is 17.9 Å². The van der Waals surface area contributed by atoms with Gasteiger partial charge < -0.3 is 29.8 Å². The van der Waals surface area contributed by atoms with Crippen molar-refractivity contribution in [2.45, 2.75) is 73.0 Å². The minimum atomic E-state index is -1.39. The van der Waals surface area contributed by atoms with Crippen molar-refractivity contribution < 1.29 is 43.2 Å². The van der Waals surface area contributed by atoms with Gasteiger partial charge in [0.15, 0.2) is 11.5 Å². The molecule has 0 bridgehead atoms. The molecule has 5 atom stereocenters. The molecule has 10 heteroatoms. The molecule has 2 aromatic carbocycles. The minimum Gasteiger partial charge on any atom is -0.480 e. The van der Waals surface area contributed by atoms with Crippen LogP contribution in [0.2, 0.25) is 0 Å². The highest BCUT2D eigenvalue weighted by molar-refractivity contribution is 5.79. The largest absolute Gasteiger partial charge is 0.514 e. The van der Waals surface area contributed by atoms with Crippen LogP contribution in [0.4, 0.5) is 4.79 Å². The SMILES string of the molecule is CC(CC(c1ccc(OC(=O)C(C)C(C)C)c(OC(=O)C(C)C(C)C)c1)[C@H](N)C(=O)O)OC(=O)Oc1ccccc1. The van der Waals surface area contributed by atoms with Gasteiger partial charge in [-0.2, -0.15) is 0 Å². The maximum Gasteiger partial charge on any atom is 0.514 e. The van der Waals surface area contributed by atoms with Crippen molar-refractivity contribution in [1.82, 2.24) is 0 Å². The predicted octanol–water partition coefficient (Wildman–Crippen LogP) is 5.57. The highest BCUT2D eigenvalue weighted by atomic mass is 16.7. The van der Waals surface area contributed by atoms with Crippen LogP contribution in [0.3, 0.4) is 0 Å². The quantitative estimate of drug-likeness (QED) is 0.177. The van der Waals surface area contributed by atoms with E-state index in [2.05, 4.69) is 0 Å². The number of hydrogen-bond donors (Lipinski definition) is 2. The first-order valence-corrected chi connectivity index (χ1v) is 13.7. The minimum absolute atomic E-state index is 0.0106. The van der Waals surface area contributed by atoms with Crippen molar-refractivity contribution >= 4 is 24.1 Å². The topological polar surface area (TPSA) is 151 Å². The molecule has 3 N–H and O–H groups in total. The number of carbonyl (C=O) groups is 4. The third-order valence-electron chi connectivity index (χ3n) is 7.11. The average molecular weight is 572 g/mol. The van der Waals surface area contributed by atoms with E-state index in [-0.39, 0.29) is 29.8 Å². The third kappa shape index (κ3) is 9.89. The highest BCUT2D eigenvalue weighted by Gasteiger charge is 2.31. The summed E-state index contributed by atoms with van der Waals surface area (Å²) in [5, 5.41) is 9.73. The Morgan fingerprint density at radius 2 is 1.29 bits per heavy atom. The summed E-state index contributed by atoms with van der Waals surface area (Å²) in [5.74, 6) is -3.78. The first kappa shape index (κ1) is 33.3. The Morgan fingerprint density at radius 1 is 0.756 bits per heavy atom. The van der Waals surface area contributed by atoms with E-state index in [0.29, 0.717) is 11.3 Å². The van der Waals surface area contributed by atoms with Crippen molar-refractivity contribution in [2.75, 3.05) is 0 Å². The van der Waals surface area contributed by atoms with Crippen LogP contribution in [-0.4, -0.2) is 41.3 Å². The molecule has 0 saturated heterocycles. The van der Waals surface area contributed by atoms with Gasteiger partial charge in [0, 0.05) is 5.92 Å². The standard InChI is InChI=1S/C31H41NO9/c1-17(2)20(6)29(35)40-25-14-13-22(16-26(25)41-30(36)21(7)18(3)4)24(27(32)28(33)34)15-19(5)38-31(37)39-23-11-9-8-10-12-23/h8-14,16-21,24,27H,15,32H2,1-7H3,(H,33,34)/t19?,20?,21?,24?,27-/m0/s1. The van der Waals surface area contributed by atoms with Crippen LogP contribution in [0.25, 0.3) is 0 Å². The van der Waals surface area contributed by atoms with Crippen LogP contribution < -0.4 is 19.9 Å². The van der Waals surface area contributed by atoms with Crippen LogP contribution in [0.15, 0.2) is 48.5 Å². The number of carbonyl (C=O) groups excluding carboxylic acids is 3. The summed E-state index contributed by atoms with van der Waals surface area (Å²) in [5.41, 5.74) is 6.45. The summed E-state index contributed by atoms with van der Waals surface area (Å²) >= 11 is 0. The molecule has 0 spiro atoms. The van der Waals surface area contributed by atoms with E-state index >= 15 is 0 Å². The van der Waals surface area contributed by atoms with Crippen LogP contribution in [0, 0.1) is 23.7 Å². The number of carboxylic acids is 1. The number of ether oxygens (including phenoxy) is 4. The second-order valence-electron chi connectivity index (χ2n) is 10.9. The monoisotopic (exact) mass is 571 g/mol. The summed E-state index contributed by atoms with van der Waals surface area (Å²) in [6.07, 6.45) is -1.74. The fourth-order valence-corrected chi connectivity index (χ4v) is 3.71. The van der Waals surface area contributed by atoms with Gasteiger partial charge in [0.05, 0.1) is 11.8 Å². The van der Waals surface area contributed by atoms with E-state index in [0.717, 1.165) is 0 Å². The van der Waals surface area contributed by atoms with Crippen molar-refractivity contribution in [3.8, 4) is 17.2 Å². The fraction of sp³-hybridized carbons (Fsp3) is 0.484. The zero-order valence-corrected chi connectivity index (χ0v) is 24.7. The van der Waals surface area contributed by atoms with Crippen molar-refractivity contribution in [1.29, 1.82) is 0 Å². The van der Waals surface area contributed by atoms with Crippen LogP contribution in [0.1, 0.15) is 66.4 Å². The Kier molecular flexibility index (Phi) is 12.3. The van der Waals surface area contributed by atoms with Gasteiger partial charge in [0.25, 0.3) is 0 Å². The lowest BCUT2D eigenvalue weighted by atomic mass is 9.87. The number of benzene rings is 2. The molecule has 0 fully saturated rings. The molecule has 10 nitrogen and oxygen atoms in total. The number of para-hydroxylation sites is 1. The average Bonchev–Trinajstić information content (AvgIpc) is 2.91. The second kappa shape index (κ2) is 15.2. The summed E-state index contributed by atoms with van der Waals surface area (Å²) < 4.78 is 21.8. The maximum absolute atomic E-state index is 12.9. The fourth-order valence-electron chi connectivity index (χ4n) is 3.71. The zero-order chi connectivity index (χ0) is 30.9. The number of hydrogen-bond acceptors (Lipinski definition) is 9. The number of nitrogens with two attached hydrogens (primary N) is 1. The zero-order valence-electron chi connectivity index (χ0n) is 24.7. The summed E-state index contributed by atoms with van der Waals surface area (Å²) in [7, 11) is 0. The molecule has 0 radical (unpaired) electrons. The van der Waals surface area contributed by atoms with E-state index in [1.165, 1.54) is 12.1 Å². The van der Waals surface area contributed by atoms with Gasteiger partial charge in [-0.05, 0) is 55.0 Å². The molecule has 2 aromatic rings. The summed E-state index contributed by atoms with van der Waals surface area (Å²) in [6, 6.07) is 11.4. The third-order valence-corrected chi connectivity index (χ3v) is 7.11. The molecule has 0 amide bonds. The van der Waals surface area contributed by atoms with Gasteiger partial charge in [0.2, 0.25) is 0 Å². The Balaban J connectivity index is 2.38. The lowest BCUT2D eigenvalue weighted by Gasteiger charge is -2.25. The van der Waals surface area contributed by atoms with E-state index in [9.17, 15) is 24.3 Å². The number of rotatable bonds is 13. The molecule has 224 valence electrons. The van der Waals surface area contributed by atoms with Crippen molar-refractivity contribution in [3.05, 3.63) is 54.1 Å².